The van der Waals surface area contributed by atoms with Gasteiger partial charge in [-0.1, -0.05) is 31.2 Å². The predicted octanol–water partition coefficient (Wildman–Crippen LogP) is 4.98. The number of ether oxygens (including phenoxy) is 3. The zero-order chi connectivity index (χ0) is 21.8. The molecule has 0 saturated heterocycles. The van der Waals surface area contributed by atoms with Crippen molar-refractivity contribution in [2.75, 3.05) is 13.4 Å². The maximum absolute atomic E-state index is 12.9. The number of carbonyl (C=O) groups is 1. The van der Waals surface area contributed by atoms with Crippen LogP contribution in [0.1, 0.15) is 58.5 Å². The van der Waals surface area contributed by atoms with E-state index in [-0.39, 0.29) is 18.8 Å². The lowest BCUT2D eigenvalue weighted by Gasteiger charge is -2.30. The lowest BCUT2D eigenvalue weighted by Crippen LogP contribution is -2.24. The summed E-state index contributed by atoms with van der Waals surface area (Å²) >= 11 is 0. The van der Waals surface area contributed by atoms with Crippen LogP contribution in [-0.2, 0) is 17.6 Å². The second-order valence-corrected chi connectivity index (χ2v) is 8.19. The van der Waals surface area contributed by atoms with Crippen molar-refractivity contribution in [1.29, 1.82) is 0 Å². The fraction of sp³-hybridized carbons (Fsp3) is 0.269. The highest BCUT2D eigenvalue weighted by atomic mass is 16.7. The van der Waals surface area contributed by atoms with Crippen LogP contribution in [0, 0.1) is 0 Å². The lowest BCUT2D eigenvalue weighted by molar-refractivity contribution is 0.0525. The molecule has 2 aliphatic heterocycles. The number of rotatable bonds is 4. The molecule has 1 N–H and O–H groups in total. The van der Waals surface area contributed by atoms with Crippen LogP contribution in [0.25, 0.3) is 10.9 Å². The van der Waals surface area contributed by atoms with Gasteiger partial charge in [-0.3, -0.25) is 0 Å². The summed E-state index contributed by atoms with van der Waals surface area (Å²) < 4.78 is 18.9. The van der Waals surface area contributed by atoms with Crippen LogP contribution in [0.15, 0.2) is 48.5 Å². The summed E-state index contributed by atoms with van der Waals surface area (Å²) in [6.07, 6.45) is 1.48. The van der Waals surface area contributed by atoms with Crippen molar-refractivity contribution in [3.8, 4) is 11.5 Å². The van der Waals surface area contributed by atoms with E-state index < -0.39 is 0 Å². The Kier molecular flexibility index (Phi) is 4.28. The van der Waals surface area contributed by atoms with Gasteiger partial charge in [-0.25, -0.2) is 4.79 Å². The van der Waals surface area contributed by atoms with E-state index in [1.165, 1.54) is 10.9 Å². The average molecular weight is 428 g/mol. The van der Waals surface area contributed by atoms with Gasteiger partial charge in [0.1, 0.15) is 0 Å². The fourth-order valence-corrected chi connectivity index (χ4v) is 5.12. The van der Waals surface area contributed by atoms with Crippen LogP contribution in [0.3, 0.4) is 0 Å². The molecule has 0 saturated carbocycles. The number of para-hydroxylation sites is 1. The smallest absolute Gasteiger partial charge is 0.339 e. The van der Waals surface area contributed by atoms with E-state index in [9.17, 15) is 4.79 Å². The molecule has 0 amide bonds. The summed E-state index contributed by atoms with van der Waals surface area (Å²) in [6, 6.07) is 16.4. The summed E-state index contributed by atoms with van der Waals surface area (Å²) in [5, 5.41) is 1.19. The highest BCUT2D eigenvalue weighted by Crippen LogP contribution is 2.44. The summed E-state index contributed by atoms with van der Waals surface area (Å²) in [7, 11) is 0. The topological polar surface area (TPSA) is 65.5 Å². The minimum atomic E-state index is -0.260. The van der Waals surface area contributed by atoms with Gasteiger partial charge in [0.25, 0.3) is 0 Å². The molecule has 2 aromatic carbocycles. The number of fused-ring (bicyclic) bond motifs is 5. The number of nitrogens with one attached hydrogen (secondary N) is 1. The number of esters is 1. The zero-order valence-corrected chi connectivity index (χ0v) is 18.1. The van der Waals surface area contributed by atoms with Gasteiger partial charge in [-0.2, -0.15) is 0 Å². The molecule has 0 unspecified atom stereocenters. The number of aromatic amines is 1. The first-order valence-electron chi connectivity index (χ1n) is 11.1. The van der Waals surface area contributed by atoms with Crippen LogP contribution in [-0.4, -0.2) is 28.9 Å². The molecule has 2 aliphatic rings. The Balaban J connectivity index is 1.62. The van der Waals surface area contributed by atoms with E-state index in [2.05, 4.69) is 46.8 Å². The van der Waals surface area contributed by atoms with Crippen LogP contribution < -0.4 is 9.47 Å². The molecular formula is C26H24N2O4. The first kappa shape index (κ1) is 19.0. The standard InChI is InChI=1S/C26H24N2O4/c1-3-16-12-19(26(29)30-4-2)21-13-18-17-7-5-6-8-20(17)27-24(18)25(28(16)21)15-9-10-22-23(11-15)32-14-31-22/h5-12,25,27H,3-4,13-14H2,1-2H3/t25-/m1/s1. The molecule has 6 nitrogen and oxygen atoms in total. The maximum Gasteiger partial charge on any atom is 0.339 e. The molecular weight excluding hydrogens is 404 g/mol. The third kappa shape index (κ3) is 2.68. The quantitative estimate of drug-likeness (QED) is 0.410. The Morgan fingerprint density at radius 1 is 1.12 bits per heavy atom. The van der Waals surface area contributed by atoms with Gasteiger partial charge in [0.05, 0.1) is 18.2 Å². The van der Waals surface area contributed by atoms with Crippen molar-refractivity contribution in [2.24, 2.45) is 0 Å². The molecule has 0 radical (unpaired) electrons. The highest BCUT2D eigenvalue weighted by molar-refractivity contribution is 5.93. The normalized spacial score (nSPS) is 16.1. The third-order valence-corrected chi connectivity index (χ3v) is 6.51. The van der Waals surface area contributed by atoms with E-state index in [1.807, 2.05) is 25.1 Å². The van der Waals surface area contributed by atoms with Crippen molar-refractivity contribution in [3.05, 3.63) is 82.3 Å². The number of benzene rings is 2. The van der Waals surface area contributed by atoms with E-state index >= 15 is 0 Å². The second-order valence-electron chi connectivity index (χ2n) is 8.19. The van der Waals surface area contributed by atoms with Crippen molar-refractivity contribution in [2.45, 2.75) is 32.7 Å². The molecule has 2 aromatic heterocycles. The molecule has 0 spiro atoms. The Bertz CT molecular complexity index is 1360. The van der Waals surface area contributed by atoms with Gasteiger partial charge < -0.3 is 23.8 Å². The molecule has 162 valence electrons. The molecule has 4 heterocycles. The van der Waals surface area contributed by atoms with Gasteiger partial charge in [0.15, 0.2) is 11.5 Å². The molecule has 0 aliphatic carbocycles. The Morgan fingerprint density at radius 3 is 2.81 bits per heavy atom. The van der Waals surface area contributed by atoms with Gasteiger partial charge in [0, 0.05) is 34.4 Å². The average Bonchev–Trinajstić information content (AvgIpc) is 3.52. The Labute approximate surface area is 185 Å². The summed E-state index contributed by atoms with van der Waals surface area (Å²) in [6.45, 7) is 4.56. The minimum Gasteiger partial charge on any atom is -0.462 e. The highest BCUT2D eigenvalue weighted by Gasteiger charge is 2.35. The van der Waals surface area contributed by atoms with Crippen LogP contribution in [0.2, 0.25) is 0 Å². The number of carbonyl (C=O) groups excluding carboxylic acids is 1. The van der Waals surface area contributed by atoms with E-state index in [4.69, 9.17) is 14.2 Å². The second kappa shape index (κ2) is 7.19. The summed E-state index contributed by atoms with van der Waals surface area (Å²) in [4.78, 5) is 16.6. The fourth-order valence-electron chi connectivity index (χ4n) is 5.12. The Morgan fingerprint density at radius 2 is 1.97 bits per heavy atom. The van der Waals surface area contributed by atoms with E-state index in [1.54, 1.807) is 0 Å². The van der Waals surface area contributed by atoms with Gasteiger partial charge >= 0.3 is 5.97 Å². The first-order valence-corrected chi connectivity index (χ1v) is 11.1. The van der Waals surface area contributed by atoms with Crippen LogP contribution in [0.4, 0.5) is 0 Å². The van der Waals surface area contributed by atoms with Crippen molar-refractivity contribution >= 4 is 16.9 Å². The first-order chi connectivity index (χ1) is 15.7. The summed E-state index contributed by atoms with van der Waals surface area (Å²) in [5.74, 6) is 1.25. The van der Waals surface area contributed by atoms with E-state index in [0.717, 1.165) is 46.1 Å². The van der Waals surface area contributed by atoms with E-state index in [0.29, 0.717) is 18.6 Å². The van der Waals surface area contributed by atoms with Crippen molar-refractivity contribution in [3.63, 3.8) is 0 Å². The molecule has 32 heavy (non-hydrogen) atoms. The SMILES string of the molecule is CCOC(=O)c1cc(CC)n2c1Cc1c([nH]c3ccccc13)[C@H]2c1ccc2c(c1)OCO2. The molecule has 6 rings (SSSR count). The van der Waals surface area contributed by atoms with Gasteiger partial charge in [-0.15, -0.1) is 0 Å². The van der Waals surface area contributed by atoms with Crippen molar-refractivity contribution in [1.82, 2.24) is 9.55 Å². The number of aromatic nitrogens is 2. The lowest BCUT2D eigenvalue weighted by atomic mass is 9.91. The molecule has 6 heteroatoms. The number of hydrogen-bond acceptors (Lipinski definition) is 4. The van der Waals surface area contributed by atoms with Crippen LogP contribution in [0.5, 0.6) is 11.5 Å². The largest absolute Gasteiger partial charge is 0.462 e. The predicted molar refractivity (Wildman–Crippen MR) is 121 cm³/mol. The number of aryl methyl sites for hydroxylation is 1. The van der Waals surface area contributed by atoms with Gasteiger partial charge in [0.2, 0.25) is 6.79 Å². The monoisotopic (exact) mass is 428 g/mol. The van der Waals surface area contributed by atoms with Crippen LogP contribution >= 0.6 is 0 Å². The number of hydrogen-bond donors (Lipinski definition) is 1. The molecule has 4 aromatic rings. The van der Waals surface area contributed by atoms with Gasteiger partial charge in [-0.05, 0) is 48.7 Å². The zero-order valence-electron chi connectivity index (χ0n) is 18.1. The molecule has 0 fully saturated rings. The maximum atomic E-state index is 12.9. The Hall–Kier alpha value is -3.67. The molecule has 1 atom stereocenters. The minimum absolute atomic E-state index is 0.103. The summed E-state index contributed by atoms with van der Waals surface area (Å²) in [5.41, 5.74) is 7.33. The third-order valence-electron chi connectivity index (χ3n) is 6.51. The number of H-pyrrole nitrogens is 1. The van der Waals surface area contributed by atoms with Crippen molar-refractivity contribution < 1.29 is 19.0 Å². The number of nitrogens with zero attached hydrogens (tertiary/aromatic N) is 1. The molecule has 0 bridgehead atoms.